The Kier molecular flexibility index (Phi) is 4.14. The van der Waals surface area contributed by atoms with Crippen LogP contribution in [0.1, 0.15) is 0 Å². The molecule has 2 aromatic rings. The molecule has 1 aromatic carbocycles. The molecule has 0 spiro atoms. The zero-order valence-corrected chi connectivity index (χ0v) is 12.3. The van der Waals surface area contributed by atoms with Crippen LogP contribution in [0, 0.1) is 0 Å². The van der Waals surface area contributed by atoms with Gasteiger partial charge in [0, 0.05) is 0 Å². The average Bonchev–Trinajstić information content (AvgIpc) is 2.83. The fraction of sp³-hybridized carbons (Fsp3) is 0.182. The van der Waals surface area contributed by atoms with Gasteiger partial charge in [0.25, 0.3) is 20.2 Å². The molecule has 21 heavy (non-hydrogen) atoms. The Balaban J connectivity index is 2.18. The van der Waals surface area contributed by atoms with Crippen LogP contribution in [-0.4, -0.2) is 36.3 Å². The van der Waals surface area contributed by atoms with Crippen molar-refractivity contribution in [3.8, 4) is 5.69 Å². The molecule has 0 aliphatic carbocycles. The van der Waals surface area contributed by atoms with Crippen LogP contribution in [0.4, 0.5) is 0 Å². The first kappa shape index (κ1) is 15.6. The van der Waals surface area contributed by atoms with Gasteiger partial charge in [-0.1, -0.05) is 0 Å². The zero-order valence-electron chi connectivity index (χ0n) is 10.7. The van der Waals surface area contributed by atoms with Gasteiger partial charge in [-0.15, -0.1) is 0 Å². The highest BCUT2D eigenvalue weighted by molar-refractivity contribution is 7.86. The van der Waals surface area contributed by atoms with Crippen molar-refractivity contribution < 1.29 is 30.5 Å². The molecule has 0 atom stereocenters. The van der Waals surface area contributed by atoms with Gasteiger partial charge in [-0.2, -0.15) is 16.8 Å². The Morgan fingerprint density at radius 1 is 1.05 bits per heavy atom. The highest BCUT2D eigenvalue weighted by Crippen LogP contribution is 2.12. The quantitative estimate of drug-likeness (QED) is 0.583. The highest BCUT2D eigenvalue weighted by Gasteiger charge is 2.13. The van der Waals surface area contributed by atoms with Crippen LogP contribution in [0.5, 0.6) is 0 Å². The Labute approximate surface area is 121 Å². The summed E-state index contributed by atoms with van der Waals surface area (Å²) in [6.07, 6.45) is 4.85. The number of imidazole rings is 1. The van der Waals surface area contributed by atoms with Crippen molar-refractivity contribution in [3.05, 3.63) is 43.0 Å². The number of benzene rings is 1. The zero-order chi connectivity index (χ0) is 15.7. The molecular weight excluding hydrogens is 320 g/mol. The van der Waals surface area contributed by atoms with Crippen molar-refractivity contribution in [1.29, 1.82) is 0 Å². The fourth-order valence-electron chi connectivity index (χ4n) is 1.69. The predicted molar refractivity (Wildman–Crippen MR) is 72.2 cm³/mol. The third-order valence-corrected chi connectivity index (χ3v) is 4.30. The first-order chi connectivity index (χ1) is 9.65. The number of nitrogens with zero attached hydrogens (tertiary/aromatic N) is 2. The summed E-state index contributed by atoms with van der Waals surface area (Å²) in [6.45, 7) is 0.0922. The molecule has 0 aliphatic heterocycles. The molecule has 2 N–H and O–H groups in total. The van der Waals surface area contributed by atoms with Crippen molar-refractivity contribution >= 4 is 20.2 Å². The van der Waals surface area contributed by atoms with E-state index in [1.165, 1.54) is 24.3 Å². The molecule has 0 aliphatic rings. The van der Waals surface area contributed by atoms with E-state index >= 15 is 0 Å². The van der Waals surface area contributed by atoms with Crippen LogP contribution in [0.3, 0.4) is 0 Å². The van der Waals surface area contributed by atoms with Crippen LogP contribution in [-0.2, 0) is 26.8 Å². The lowest BCUT2D eigenvalue weighted by molar-refractivity contribution is -0.691. The summed E-state index contributed by atoms with van der Waals surface area (Å²) < 4.78 is 64.0. The minimum Gasteiger partial charge on any atom is -0.285 e. The van der Waals surface area contributed by atoms with Crippen LogP contribution in [0.15, 0.2) is 47.9 Å². The highest BCUT2D eigenvalue weighted by atomic mass is 32.2. The van der Waals surface area contributed by atoms with E-state index in [-0.39, 0.29) is 11.4 Å². The van der Waals surface area contributed by atoms with Crippen LogP contribution in [0.25, 0.3) is 5.69 Å². The molecule has 2 rings (SSSR count). The molecule has 0 saturated heterocycles. The molecule has 0 fully saturated rings. The lowest BCUT2D eigenvalue weighted by Crippen LogP contribution is -2.34. The Morgan fingerprint density at radius 2 is 1.67 bits per heavy atom. The lowest BCUT2D eigenvalue weighted by atomic mass is 10.3. The summed E-state index contributed by atoms with van der Waals surface area (Å²) in [5, 5.41) is 0. The molecule has 1 heterocycles. The Hall–Kier alpha value is -1.75. The first-order valence-electron chi connectivity index (χ1n) is 5.75. The average molecular weight is 333 g/mol. The molecular formula is C11H13N2O6S2+. The normalized spacial score (nSPS) is 12.5. The van der Waals surface area contributed by atoms with E-state index in [4.69, 9.17) is 9.11 Å². The van der Waals surface area contributed by atoms with E-state index in [1.807, 2.05) is 0 Å². The Bertz CT molecular complexity index is 837. The molecule has 8 nitrogen and oxygen atoms in total. The largest absolute Gasteiger partial charge is 0.294 e. The van der Waals surface area contributed by atoms with Crippen LogP contribution < -0.4 is 4.57 Å². The molecule has 0 saturated carbocycles. The van der Waals surface area contributed by atoms with E-state index in [0.717, 1.165) is 0 Å². The maximum Gasteiger partial charge on any atom is 0.294 e. The minimum atomic E-state index is -4.23. The van der Waals surface area contributed by atoms with E-state index in [0.29, 0.717) is 5.69 Å². The van der Waals surface area contributed by atoms with Crippen molar-refractivity contribution in [2.24, 2.45) is 0 Å². The summed E-state index contributed by atoms with van der Waals surface area (Å²) in [5.41, 5.74) is 0.632. The molecule has 114 valence electrons. The SMILES string of the molecule is O=S(=O)(O)CC[n+]1ccn(-c2ccc(S(=O)(=O)O)cc2)c1. The van der Waals surface area contributed by atoms with Gasteiger partial charge in [0.2, 0.25) is 6.33 Å². The number of aromatic nitrogens is 2. The molecule has 0 amide bonds. The first-order valence-corrected chi connectivity index (χ1v) is 8.80. The smallest absolute Gasteiger partial charge is 0.285 e. The fourth-order valence-corrected chi connectivity index (χ4v) is 2.61. The summed E-state index contributed by atoms with van der Waals surface area (Å²) in [5.74, 6) is -0.399. The van der Waals surface area contributed by atoms with Crippen LogP contribution in [0.2, 0.25) is 0 Å². The molecule has 0 radical (unpaired) electrons. The van der Waals surface area contributed by atoms with Crippen LogP contribution >= 0.6 is 0 Å². The predicted octanol–water partition coefficient (Wildman–Crippen LogP) is -0.101. The monoisotopic (exact) mass is 333 g/mol. The summed E-state index contributed by atoms with van der Waals surface area (Å²) in [4.78, 5) is -0.211. The number of rotatable bonds is 5. The van der Waals surface area contributed by atoms with Gasteiger partial charge < -0.3 is 0 Å². The van der Waals surface area contributed by atoms with E-state index < -0.39 is 26.0 Å². The van der Waals surface area contributed by atoms with Crippen molar-refractivity contribution in [3.63, 3.8) is 0 Å². The number of hydrogen-bond donors (Lipinski definition) is 2. The molecule has 0 unspecified atom stereocenters. The van der Waals surface area contributed by atoms with Gasteiger partial charge in [-0.25, -0.2) is 9.13 Å². The maximum atomic E-state index is 10.9. The molecule has 0 bridgehead atoms. The standard InChI is InChI=1S/C11H12N2O6S2/c14-20(15,16)8-7-12-5-6-13(9-12)10-1-3-11(4-2-10)21(17,18)19/h1-6,9H,7-8H2,(H-,14,15,16,17,18,19)/p+1. The van der Waals surface area contributed by atoms with Gasteiger partial charge >= 0.3 is 0 Å². The number of aryl methyl sites for hydroxylation is 1. The maximum absolute atomic E-state index is 10.9. The van der Waals surface area contributed by atoms with Crippen molar-refractivity contribution in [2.75, 3.05) is 5.75 Å². The topological polar surface area (TPSA) is 118 Å². The Morgan fingerprint density at radius 3 is 2.19 bits per heavy atom. The van der Waals surface area contributed by atoms with E-state index in [9.17, 15) is 16.8 Å². The second kappa shape index (κ2) is 5.56. The third kappa shape index (κ3) is 4.36. The molecule has 1 aromatic heterocycles. The summed E-state index contributed by atoms with van der Waals surface area (Å²) in [7, 11) is -8.25. The van der Waals surface area contributed by atoms with Gasteiger partial charge in [-0.05, 0) is 24.3 Å². The van der Waals surface area contributed by atoms with Gasteiger partial charge in [0.05, 0.1) is 4.90 Å². The second-order valence-electron chi connectivity index (χ2n) is 4.31. The second-order valence-corrected chi connectivity index (χ2v) is 7.31. The van der Waals surface area contributed by atoms with Crippen molar-refractivity contribution in [1.82, 2.24) is 4.57 Å². The third-order valence-electron chi connectivity index (χ3n) is 2.73. The van der Waals surface area contributed by atoms with E-state index in [1.54, 1.807) is 27.9 Å². The number of hydrogen-bond acceptors (Lipinski definition) is 4. The minimum absolute atomic E-state index is 0.0922. The van der Waals surface area contributed by atoms with Gasteiger partial charge in [0.15, 0.2) is 0 Å². The lowest BCUT2D eigenvalue weighted by Gasteiger charge is -1.98. The van der Waals surface area contributed by atoms with Gasteiger partial charge in [0.1, 0.15) is 30.4 Å². The molecule has 10 heteroatoms. The van der Waals surface area contributed by atoms with E-state index in [2.05, 4.69) is 0 Å². The van der Waals surface area contributed by atoms with Crippen molar-refractivity contribution in [2.45, 2.75) is 11.4 Å². The summed E-state index contributed by atoms with van der Waals surface area (Å²) >= 11 is 0. The van der Waals surface area contributed by atoms with Gasteiger partial charge in [-0.3, -0.25) is 9.11 Å². The summed E-state index contributed by atoms with van der Waals surface area (Å²) in [6, 6.07) is 5.51.